The second-order valence-electron chi connectivity index (χ2n) is 7.88. The predicted molar refractivity (Wildman–Crippen MR) is 110 cm³/mol. The number of nitrogens with zero attached hydrogens (tertiary/aromatic N) is 3. The Hall–Kier alpha value is -2.34. The summed E-state index contributed by atoms with van der Waals surface area (Å²) in [6.07, 6.45) is 7.93. The maximum atomic E-state index is 12.6. The first-order chi connectivity index (χ1) is 13.7. The van der Waals surface area contributed by atoms with Crippen LogP contribution in [0.2, 0.25) is 0 Å². The van der Waals surface area contributed by atoms with Crippen LogP contribution in [0.15, 0.2) is 30.5 Å². The molecule has 1 aliphatic heterocycles. The van der Waals surface area contributed by atoms with E-state index in [-0.39, 0.29) is 12.5 Å². The normalized spacial score (nSPS) is 18.2. The third-order valence-electron chi connectivity index (χ3n) is 5.76. The van der Waals surface area contributed by atoms with Gasteiger partial charge in [0.25, 0.3) is 0 Å². The van der Waals surface area contributed by atoms with Crippen molar-refractivity contribution in [1.82, 2.24) is 15.1 Å². The molecule has 28 heavy (non-hydrogen) atoms. The fraction of sp³-hybridized carbons (Fsp3) is 0.545. The van der Waals surface area contributed by atoms with Gasteiger partial charge in [0.1, 0.15) is 6.54 Å². The molecule has 1 aliphatic carbocycles. The van der Waals surface area contributed by atoms with Crippen LogP contribution in [0.3, 0.4) is 0 Å². The van der Waals surface area contributed by atoms with Gasteiger partial charge in [0, 0.05) is 30.9 Å². The molecule has 0 radical (unpaired) electrons. The van der Waals surface area contributed by atoms with E-state index >= 15 is 0 Å². The lowest BCUT2D eigenvalue weighted by atomic mass is 9.95. The van der Waals surface area contributed by atoms with Crippen LogP contribution in [0.1, 0.15) is 37.7 Å². The molecule has 4 rings (SSSR count). The molecule has 2 heterocycles. The molecule has 0 unspecified atom stereocenters. The van der Waals surface area contributed by atoms with Crippen molar-refractivity contribution in [1.29, 1.82) is 0 Å². The Balaban J connectivity index is 1.56. The molecule has 1 N–H and O–H groups in total. The van der Waals surface area contributed by atoms with E-state index in [0.29, 0.717) is 19.3 Å². The van der Waals surface area contributed by atoms with E-state index in [4.69, 9.17) is 9.84 Å². The quantitative estimate of drug-likeness (QED) is 0.863. The van der Waals surface area contributed by atoms with Crippen molar-refractivity contribution in [3.63, 3.8) is 0 Å². The molecule has 0 spiro atoms. The largest absolute Gasteiger partial charge is 0.378 e. The molecular formula is C22H30N4O2. The van der Waals surface area contributed by atoms with E-state index in [9.17, 15) is 4.79 Å². The average Bonchev–Trinajstić information content (AvgIpc) is 3.13. The van der Waals surface area contributed by atoms with Crippen LogP contribution in [-0.2, 0) is 16.1 Å². The van der Waals surface area contributed by atoms with Crippen molar-refractivity contribution in [2.45, 2.75) is 51.6 Å². The molecule has 6 nitrogen and oxygen atoms in total. The van der Waals surface area contributed by atoms with Gasteiger partial charge in [-0.3, -0.25) is 9.48 Å². The minimum Gasteiger partial charge on any atom is -0.378 e. The van der Waals surface area contributed by atoms with Crippen LogP contribution in [0.25, 0.3) is 11.1 Å². The van der Waals surface area contributed by atoms with Crippen molar-refractivity contribution in [3.8, 4) is 11.1 Å². The molecule has 2 aliphatic rings. The first-order valence-electron chi connectivity index (χ1n) is 10.5. The van der Waals surface area contributed by atoms with Gasteiger partial charge in [-0.05, 0) is 30.9 Å². The van der Waals surface area contributed by atoms with Crippen molar-refractivity contribution >= 4 is 11.7 Å². The van der Waals surface area contributed by atoms with Gasteiger partial charge in [0.2, 0.25) is 5.91 Å². The first-order valence-corrected chi connectivity index (χ1v) is 10.5. The smallest absolute Gasteiger partial charge is 0.241 e. The number of hydrogen-bond acceptors (Lipinski definition) is 4. The summed E-state index contributed by atoms with van der Waals surface area (Å²) >= 11 is 0. The van der Waals surface area contributed by atoms with Gasteiger partial charge in [0.05, 0.1) is 13.2 Å². The standard InChI is InChI=1S/C22H30N4O2/c1-17-7-5-6-10-19(17)20-15-26(24-22(20)25-11-13-28-14-12-25)16-21(27)23-18-8-3-2-4-9-18/h5-7,10,15,18H,2-4,8-9,11-14,16H2,1H3,(H,23,27). The Morgan fingerprint density at radius 2 is 1.89 bits per heavy atom. The van der Waals surface area contributed by atoms with E-state index in [2.05, 4.69) is 41.4 Å². The van der Waals surface area contributed by atoms with Crippen LogP contribution in [0, 0.1) is 6.92 Å². The highest BCUT2D eigenvalue weighted by Crippen LogP contribution is 2.32. The summed E-state index contributed by atoms with van der Waals surface area (Å²) in [5.41, 5.74) is 3.47. The molecule has 2 fully saturated rings. The van der Waals surface area contributed by atoms with E-state index < -0.39 is 0 Å². The molecule has 6 heteroatoms. The van der Waals surface area contributed by atoms with E-state index in [1.807, 2.05) is 6.20 Å². The second-order valence-corrected chi connectivity index (χ2v) is 7.88. The summed E-state index contributed by atoms with van der Waals surface area (Å²) in [6, 6.07) is 8.67. The number of morpholine rings is 1. The van der Waals surface area contributed by atoms with Gasteiger partial charge in [-0.1, -0.05) is 43.5 Å². The monoisotopic (exact) mass is 382 g/mol. The third kappa shape index (κ3) is 4.38. The average molecular weight is 383 g/mol. The van der Waals surface area contributed by atoms with Gasteiger partial charge in [-0.15, -0.1) is 0 Å². The number of aryl methyl sites for hydroxylation is 1. The number of ether oxygens (including phenoxy) is 1. The topological polar surface area (TPSA) is 59.4 Å². The lowest BCUT2D eigenvalue weighted by molar-refractivity contribution is -0.122. The minimum atomic E-state index is 0.0549. The van der Waals surface area contributed by atoms with Crippen LogP contribution in [-0.4, -0.2) is 48.0 Å². The number of rotatable bonds is 5. The molecule has 1 amide bonds. The highest BCUT2D eigenvalue weighted by molar-refractivity contribution is 5.79. The van der Waals surface area contributed by atoms with Crippen molar-refractivity contribution in [2.75, 3.05) is 31.2 Å². The number of carbonyl (C=O) groups is 1. The molecule has 0 bridgehead atoms. The number of nitrogens with one attached hydrogen (secondary N) is 1. The van der Waals surface area contributed by atoms with Crippen molar-refractivity contribution < 1.29 is 9.53 Å². The van der Waals surface area contributed by atoms with Crippen LogP contribution in [0.5, 0.6) is 0 Å². The first kappa shape index (κ1) is 19.0. The number of aromatic nitrogens is 2. The summed E-state index contributed by atoms with van der Waals surface area (Å²) in [5.74, 6) is 1.00. The summed E-state index contributed by atoms with van der Waals surface area (Å²) < 4.78 is 7.30. The fourth-order valence-electron chi connectivity index (χ4n) is 4.23. The van der Waals surface area contributed by atoms with Crippen molar-refractivity contribution in [2.24, 2.45) is 0 Å². The Morgan fingerprint density at radius 1 is 1.14 bits per heavy atom. The zero-order valence-corrected chi connectivity index (χ0v) is 16.7. The Bertz CT molecular complexity index is 805. The lowest BCUT2D eigenvalue weighted by Crippen LogP contribution is -2.38. The molecule has 150 valence electrons. The maximum Gasteiger partial charge on any atom is 0.241 e. The van der Waals surface area contributed by atoms with E-state index in [1.54, 1.807) is 4.68 Å². The molecule has 2 aromatic rings. The van der Waals surface area contributed by atoms with Gasteiger partial charge in [-0.25, -0.2) is 0 Å². The zero-order valence-electron chi connectivity index (χ0n) is 16.7. The van der Waals surface area contributed by atoms with Gasteiger partial charge in [-0.2, -0.15) is 5.10 Å². The Labute approximate surface area is 166 Å². The summed E-state index contributed by atoms with van der Waals surface area (Å²) in [5, 5.41) is 8.00. The maximum absolute atomic E-state index is 12.6. The van der Waals surface area contributed by atoms with Gasteiger partial charge < -0.3 is 15.0 Å². The molecule has 0 atom stereocenters. The highest BCUT2D eigenvalue weighted by atomic mass is 16.5. The SMILES string of the molecule is Cc1ccccc1-c1cn(CC(=O)NC2CCCCC2)nc1N1CCOCC1. The third-order valence-corrected chi connectivity index (χ3v) is 5.76. The molecular weight excluding hydrogens is 352 g/mol. The highest BCUT2D eigenvalue weighted by Gasteiger charge is 2.22. The summed E-state index contributed by atoms with van der Waals surface area (Å²) in [6.45, 7) is 5.45. The summed E-state index contributed by atoms with van der Waals surface area (Å²) in [4.78, 5) is 14.8. The van der Waals surface area contributed by atoms with Crippen LogP contribution in [0.4, 0.5) is 5.82 Å². The lowest BCUT2D eigenvalue weighted by Gasteiger charge is -2.27. The molecule has 1 saturated heterocycles. The number of carbonyl (C=O) groups excluding carboxylic acids is 1. The van der Waals surface area contributed by atoms with Crippen LogP contribution < -0.4 is 10.2 Å². The van der Waals surface area contributed by atoms with Crippen molar-refractivity contribution in [3.05, 3.63) is 36.0 Å². The molecule has 1 aromatic heterocycles. The summed E-state index contributed by atoms with van der Waals surface area (Å²) in [7, 11) is 0. The van der Waals surface area contributed by atoms with Gasteiger partial charge >= 0.3 is 0 Å². The predicted octanol–water partition coefficient (Wildman–Crippen LogP) is 3.14. The number of amides is 1. The fourth-order valence-corrected chi connectivity index (χ4v) is 4.23. The van der Waals surface area contributed by atoms with Crippen LogP contribution >= 0.6 is 0 Å². The number of hydrogen-bond donors (Lipinski definition) is 1. The Morgan fingerprint density at radius 3 is 2.64 bits per heavy atom. The minimum absolute atomic E-state index is 0.0549. The second kappa shape index (κ2) is 8.78. The van der Waals surface area contributed by atoms with E-state index in [1.165, 1.54) is 30.4 Å². The number of benzene rings is 1. The Kier molecular flexibility index (Phi) is 5.95. The van der Waals surface area contributed by atoms with Gasteiger partial charge in [0.15, 0.2) is 5.82 Å². The molecule has 1 aromatic carbocycles. The molecule has 1 saturated carbocycles. The zero-order chi connectivity index (χ0) is 19.3. The van der Waals surface area contributed by atoms with E-state index in [0.717, 1.165) is 37.3 Å². The number of anilines is 1.